The van der Waals surface area contributed by atoms with Gasteiger partial charge in [0.15, 0.2) is 0 Å². The number of aliphatic carboxylic acids is 1. The summed E-state index contributed by atoms with van der Waals surface area (Å²) in [4.78, 5) is 97.7. The van der Waals surface area contributed by atoms with Crippen molar-refractivity contribution in [2.24, 2.45) is 17.8 Å². The number of nitrogens with one attached hydrogen (secondary N) is 5. The molecule has 16 nitrogen and oxygen atoms in total. The fourth-order valence-electron chi connectivity index (χ4n) is 4.05. The fraction of sp³-hybridized carbons (Fsp3) is 0.588. The van der Waals surface area contributed by atoms with Gasteiger partial charge in [0.25, 0.3) is 0 Å². The van der Waals surface area contributed by atoms with Gasteiger partial charge in [0.2, 0.25) is 29.5 Å². The van der Waals surface area contributed by atoms with E-state index in [9.17, 15) is 38.4 Å². The van der Waals surface area contributed by atoms with Crippen LogP contribution in [0.4, 0.5) is 5.69 Å². The first kappa shape index (κ1) is 43.2. The van der Waals surface area contributed by atoms with Crippen LogP contribution in [0.15, 0.2) is 24.3 Å². The minimum Gasteiger partial charge on any atom is -0.481 e. The smallest absolute Gasteiger partial charge is 0.308 e. The van der Waals surface area contributed by atoms with Crippen LogP contribution in [0.2, 0.25) is 0 Å². The normalized spacial score (nSPS) is 12.1. The van der Waals surface area contributed by atoms with E-state index in [-0.39, 0.29) is 62.7 Å². The zero-order chi connectivity index (χ0) is 37.8. The van der Waals surface area contributed by atoms with E-state index in [1.165, 1.54) is 0 Å². The highest BCUT2D eigenvalue weighted by Gasteiger charge is 2.29. The van der Waals surface area contributed by atoms with Gasteiger partial charge in [-0.2, -0.15) is 0 Å². The number of anilines is 1. The lowest BCUT2D eigenvalue weighted by Gasteiger charge is -2.25. The molecule has 0 heterocycles. The second-order valence-electron chi connectivity index (χ2n) is 12.5. The molecule has 0 saturated heterocycles. The number of esters is 1. The van der Waals surface area contributed by atoms with Crippen LogP contribution in [0.3, 0.4) is 0 Å². The molecule has 1 rings (SSSR count). The Bertz CT molecular complexity index is 1330. The van der Waals surface area contributed by atoms with Crippen molar-refractivity contribution in [2.75, 3.05) is 31.6 Å². The third-order valence-corrected chi connectivity index (χ3v) is 7.12. The van der Waals surface area contributed by atoms with Crippen molar-refractivity contribution >= 4 is 52.9 Å². The van der Waals surface area contributed by atoms with Crippen molar-refractivity contribution in [1.29, 1.82) is 0 Å². The van der Waals surface area contributed by atoms with Crippen LogP contribution in [-0.2, 0) is 54.4 Å². The van der Waals surface area contributed by atoms with E-state index < -0.39 is 73.0 Å². The van der Waals surface area contributed by atoms with E-state index in [0.717, 1.165) is 5.56 Å². The average Bonchev–Trinajstić information content (AvgIpc) is 3.05. The highest BCUT2D eigenvalue weighted by atomic mass is 16.5. The number of rotatable bonds is 23. The number of benzene rings is 1. The molecule has 0 spiro atoms. The van der Waals surface area contributed by atoms with E-state index >= 15 is 0 Å². The van der Waals surface area contributed by atoms with Gasteiger partial charge in [-0.3, -0.25) is 38.4 Å². The molecule has 50 heavy (non-hydrogen) atoms. The summed E-state index contributed by atoms with van der Waals surface area (Å²) in [5, 5.41) is 21.5. The standard InChI is InChI=1S/C34H51N5O11/c1-20(2)26(40)13-15-49-16-14-27(41)35-17-29(43)38-25(11-12-30(44)45)32(46)39-31(21(3)4)33(47)36-18-28(42)37-24-9-7-23(8-10-24)19-50-34(48)22(5)6/h7-10,20-22,25,31H,11-19H2,1-6H3,(H,35,41)(H,36,47)(H,37,42)(H,38,43)(H,39,46)(H,44,45). The number of carbonyl (C=O) groups is 8. The second kappa shape index (κ2) is 22.7. The number of carbonyl (C=O) groups excluding carboxylic acids is 7. The number of amides is 5. The molecule has 0 saturated carbocycles. The number of ketones is 1. The maximum Gasteiger partial charge on any atom is 0.308 e. The molecule has 6 N–H and O–H groups in total. The third-order valence-electron chi connectivity index (χ3n) is 7.12. The Hall–Kier alpha value is -4.86. The van der Waals surface area contributed by atoms with E-state index in [1.54, 1.807) is 65.8 Å². The van der Waals surface area contributed by atoms with Gasteiger partial charge in [-0.15, -0.1) is 0 Å². The summed E-state index contributed by atoms with van der Waals surface area (Å²) in [5.41, 5.74) is 1.16. The van der Waals surface area contributed by atoms with Crippen LogP contribution in [0.1, 0.15) is 72.8 Å². The quantitative estimate of drug-likeness (QED) is 0.0696. The minimum absolute atomic E-state index is 0.0362. The van der Waals surface area contributed by atoms with Crippen molar-refractivity contribution in [2.45, 2.75) is 85.9 Å². The molecule has 0 aliphatic carbocycles. The van der Waals surface area contributed by atoms with Gasteiger partial charge < -0.3 is 41.2 Å². The number of carboxylic acid groups (broad SMARTS) is 1. The van der Waals surface area contributed by atoms with E-state index in [0.29, 0.717) is 5.69 Å². The maximum atomic E-state index is 13.1. The summed E-state index contributed by atoms with van der Waals surface area (Å²) < 4.78 is 10.5. The van der Waals surface area contributed by atoms with E-state index in [1.807, 2.05) is 0 Å². The molecule has 1 aromatic rings. The molecular formula is C34H51N5O11. The van der Waals surface area contributed by atoms with Crippen molar-refractivity contribution in [3.05, 3.63) is 29.8 Å². The zero-order valence-corrected chi connectivity index (χ0v) is 29.6. The number of hydrogen-bond donors (Lipinski definition) is 6. The third kappa shape index (κ3) is 18.1. The first-order valence-electron chi connectivity index (χ1n) is 16.5. The number of ether oxygens (including phenoxy) is 2. The summed E-state index contributed by atoms with van der Waals surface area (Å²) in [6, 6.07) is 4.10. The van der Waals surface area contributed by atoms with Gasteiger partial charge in [0, 0.05) is 30.9 Å². The molecule has 0 bridgehead atoms. The molecule has 2 atom stereocenters. The van der Waals surface area contributed by atoms with Gasteiger partial charge >= 0.3 is 11.9 Å². The summed E-state index contributed by atoms with van der Waals surface area (Å²) >= 11 is 0. The molecule has 2 unspecified atom stereocenters. The molecule has 0 aliphatic rings. The van der Waals surface area contributed by atoms with Gasteiger partial charge in [-0.25, -0.2) is 0 Å². The van der Waals surface area contributed by atoms with Crippen LogP contribution in [-0.4, -0.2) is 90.8 Å². The van der Waals surface area contributed by atoms with Gasteiger partial charge in [0.05, 0.1) is 32.2 Å². The van der Waals surface area contributed by atoms with Crippen molar-refractivity contribution in [1.82, 2.24) is 21.3 Å². The summed E-state index contributed by atoms with van der Waals surface area (Å²) in [7, 11) is 0. The minimum atomic E-state index is -1.34. The molecule has 278 valence electrons. The molecule has 1 aromatic carbocycles. The fourth-order valence-corrected chi connectivity index (χ4v) is 4.05. The summed E-state index contributed by atoms with van der Waals surface area (Å²) in [6.07, 6.45) is -0.604. The summed E-state index contributed by atoms with van der Waals surface area (Å²) in [5.74, 6) is -5.66. The Balaban J connectivity index is 2.65. The monoisotopic (exact) mass is 705 g/mol. The average molecular weight is 706 g/mol. The van der Waals surface area contributed by atoms with Crippen molar-refractivity contribution in [3.8, 4) is 0 Å². The molecule has 0 fully saturated rings. The summed E-state index contributed by atoms with van der Waals surface area (Å²) in [6.45, 7) is 9.68. The molecule has 0 aromatic heterocycles. The molecular weight excluding hydrogens is 654 g/mol. The Kier molecular flexibility index (Phi) is 19.6. The van der Waals surface area contributed by atoms with Crippen LogP contribution in [0.25, 0.3) is 0 Å². The van der Waals surface area contributed by atoms with Crippen LogP contribution in [0, 0.1) is 17.8 Å². The Labute approximate surface area is 292 Å². The molecule has 5 amide bonds. The lowest BCUT2D eigenvalue weighted by Crippen LogP contribution is -2.56. The lowest BCUT2D eigenvalue weighted by molar-refractivity contribution is -0.148. The number of hydrogen-bond acceptors (Lipinski definition) is 10. The number of carboxylic acids is 1. The van der Waals surface area contributed by atoms with Gasteiger partial charge in [-0.1, -0.05) is 53.7 Å². The topological polar surface area (TPSA) is 235 Å². The molecule has 0 radical (unpaired) electrons. The number of Topliss-reactive ketones (excluding diaryl/α,β-unsaturated/α-hetero) is 1. The Morgan fingerprint density at radius 1 is 0.700 bits per heavy atom. The highest BCUT2D eigenvalue weighted by molar-refractivity contribution is 5.97. The Morgan fingerprint density at radius 2 is 1.32 bits per heavy atom. The molecule has 0 aliphatic heterocycles. The predicted molar refractivity (Wildman–Crippen MR) is 181 cm³/mol. The lowest BCUT2D eigenvalue weighted by atomic mass is 10.0. The largest absolute Gasteiger partial charge is 0.481 e. The van der Waals surface area contributed by atoms with Gasteiger partial charge in [-0.05, 0) is 30.0 Å². The van der Waals surface area contributed by atoms with Crippen LogP contribution >= 0.6 is 0 Å². The first-order valence-corrected chi connectivity index (χ1v) is 16.5. The van der Waals surface area contributed by atoms with E-state index in [2.05, 4.69) is 26.6 Å². The SMILES string of the molecule is CC(C)C(=O)CCOCCC(=O)NCC(=O)NC(CCC(=O)O)C(=O)NC(C(=O)NCC(=O)Nc1ccc(COC(=O)C(C)C)cc1)C(C)C. The first-order chi connectivity index (χ1) is 23.5. The zero-order valence-electron chi connectivity index (χ0n) is 29.6. The van der Waals surface area contributed by atoms with Crippen molar-refractivity contribution < 1.29 is 52.9 Å². The predicted octanol–water partition coefficient (Wildman–Crippen LogP) is 1.07. The van der Waals surface area contributed by atoms with E-state index in [4.69, 9.17) is 14.6 Å². The van der Waals surface area contributed by atoms with Crippen LogP contribution < -0.4 is 26.6 Å². The molecule has 16 heteroatoms. The Morgan fingerprint density at radius 3 is 1.90 bits per heavy atom. The maximum absolute atomic E-state index is 13.1. The van der Waals surface area contributed by atoms with Crippen LogP contribution in [0.5, 0.6) is 0 Å². The second-order valence-corrected chi connectivity index (χ2v) is 12.5. The van der Waals surface area contributed by atoms with Gasteiger partial charge in [0.1, 0.15) is 24.5 Å². The van der Waals surface area contributed by atoms with Crippen molar-refractivity contribution in [3.63, 3.8) is 0 Å². The highest BCUT2D eigenvalue weighted by Crippen LogP contribution is 2.12.